The van der Waals surface area contributed by atoms with Gasteiger partial charge in [-0.3, -0.25) is 4.79 Å². The molecule has 4 rings (SSSR count). The van der Waals surface area contributed by atoms with Crippen molar-refractivity contribution in [2.75, 3.05) is 24.5 Å². The summed E-state index contributed by atoms with van der Waals surface area (Å²) in [5, 5.41) is 10.4. The number of aromatic nitrogens is 4. The quantitative estimate of drug-likeness (QED) is 0.648. The maximum absolute atomic E-state index is 14.7. The second kappa shape index (κ2) is 7.98. The molecular formula is C22H25FN6O2. The lowest BCUT2D eigenvalue weighted by Crippen LogP contribution is -2.53. The second-order valence-electron chi connectivity index (χ2n) is 7.93. The number of phenolic OH excluding ortho intramolecular Hbond substituents is 1. The van der Waals surface area contributed by atoms with E-state index in [9.17, 15) is 14.3 Å². The van der Waals surface area contributed by atoms with Crippen molar-refractivity contribution in [1.29, 1.82) is 0 Å². The van der Waals surface area contributed by atoms with Crippen molar-refractivity contribution < 1.29 is 14.3 Å². The number of anilines is 1. The molecule has 1 fully saturated rings. The van der Waals surface area contributed by atoms with Gasteiger partial charge in [0.15, 0.2) is 17.0 Å². The minimum atomic E-state index is -0.559. The zero-order valence-corrected chi connectivity index (χ0v) is 17.8. The Morgan fingerprint density at radius 3 is 2.74 bits per heavy atom. The Morgan fingerprint density at radius 1 is 1.32 bits per heavy atom. The van der Waals surface area contributed by atoms with Gasteiger partial charge in [0.2, 0.25) is 5.91 Å². The number of carbonyl (C=O) groups excluding carboxylic acids is 1. The van der Waals surface area contributed by atoms with Gasteiger partial charge < -0.3 is 19.5 Å². The maximum Gasteiger partial charge on any atom is 0.246 e. The minimum Gasteiger partial charge on any atom is -0.507 e. The maximum atomic E-state index is 14.7. The normalized spacial score (nSPS) is 16.9. The number of fused-ring (bicyclic) bond motifs is 1. The third-order valence-electron chi connectivity index (χ3n) is 5.58. The number of imidazole rings is 1. The molecule has 1 aromatic carbocycles. The summed E-state index contributed by atoms with van der Waals surface area (Å²) in [5.41, 5.74) is 1.13. The Balaban J connectivity index is 1.85. The average Bonchev–Trinajstić information content (AvgIpc) is 3.12. The summed E-state index contributed by atoms with van der Waals surface area (Å²) in [6, 6.07) is 4.09. The van der Waals surface area contributed by atoms with E-state index in [0.717, 1.165) is 0 Å². The van der Waals surface area contributed by atoms with Crippen molar-refractivity contribution in [3.8, 4) is 17.1 Å². The number of hydrogen-bond donors (Lipinski definition) is 1. The molecule has 9 heteroatoms. The number of amides is 1. The van der Waals surface area contributed by atoms with Gasteiger partial charge in [0.25, 0.3) is 0 Å². The number of benzene rings is 1. The number of aromatic hydroxyl groups is 1. The summed E-state index contributed by atoms with van der Waals surface area (Å²) in [6.45, 7) is 11.1. The van der Waals surface area contributed by atoms with Gasteiger partial charge in [0.1, 0.15) is 23.7 Å². The summed E-state index contributed by atoms with van der Waals surface area (Å²) in [5.74, 6) is 0.0872. The Labute approximate surface area is 179 Å². The standard InChI is InChI=1S/C22H25FN6O2/c1-5-17(31)27-9-10-28(14(4)11-27)21-19-22(25-12-24-21)29(13(2)3)20(26-19)18-15(23)7-6-8-16(18)30/h5-8,12-14,30H,1,9-11H2,2-4H3/t14-/m0/s1. The highest BCUT2D eigenvalue weighted by Crippen LogP contribution is 2.37. The number of piperazine rings is 1. The van der Waals surface area contributed by atoms with Gasteiger partial charge in [0, 0.05) is 31.7 Å². The van der Waals surface area contributed by atoms with Gasteiger partial charge >= 0.3 is 0 Å². The monoisotopic (exact) mass is 424 g/mol. The molecule has 0 saturated carbocycles. The topological polar surface area (TPSA) is 87.4 Å². The molecule has 3 heterocycles. The van der Waals surface area contributed by atoms with Crippen LogP contribution in [0.4, 0.5) is 10.2 Å². The first kappa shape index (κ1) is 20.8. The van der Waals surface area contributed by atoms with Gasteiger partial charge in [-0.15, -0.1) is 0 Å². The van der Waals surface area contributed by atoms with Crippen LogP contribution in [-0.2, 0) is 4.79 Å². The SMILES string of the molecule is C=CC(=O)N1CCN(c2ncnc3c2nc(-c2c(O)cccc2F)n3C(C)C)[C@@H](C)C1. The van der Waals surface area contributed by atoms with Gasteiger partial charge in [-0.1, -0.05) is 12.6 Å². The second-order valence-corrected chi connectivity index (χ2v) is 7.93. The van der Waals surface area contributed by atoms with E-state index in [1.807, 2.05) is 20.8 Å². The lowest BCUT2D eigenvalue weighted by Gasteiger charge is -2.40. The molecule has 0 radical (unpaired) electrons. The molecule has 0 aliphatic carbocycles. The average molecular weight is 424 g/mol. The highest BCUT2D eigenvalue weighted by molar-refractivity contribution is 5.89. The fraction of sp³-hybridized carbons (Fsp3) is 0.364. The Kier molecular flexibility index (Phi) is 5.34. The highest BCUT2D eigenvalue weighted by Gasteiger charge is 2.30. The van der Waals surface area contributed by atoms with Crippen LogP contribution in [0.15, 0.2) is 37.2 Å². The number of nitrogens with zero attached hydrogens (tertiary/aromatic N) is 6. The van der Waals surface area contributed by atoms with Crippen LogP contribution < -0.4 is 4.90 Å². The van der Waals surface area contributed by atoms with E-state index in [2.05, 4.69) is 21.4 Å². The molecule has 0 bridgehead atoms. The van der Waals surface area contributed by atoms with Crippen molar-refractivity contribution >= 4 is 22.9 Å². The first-order chi connectivity index (χ1) is 14.8. The molecule has 0 unspecified atom stereocenters. The molecule has 1 saturated heterocycles. The third-order valence-corrected chi connectivity index (χ3v) is 5.58. The minimum absolute atomic E-state index is 0.00901. The molecule has 0 spiro atoms. The number of rotatable bonds is 4. The van der Waals surface area contributed by atoms with E-state index in [4.69, 9.17) is 4.98 Å². The smallest absolute Gasteiger partial charge is 0.246 e. The van der Waals surface area contributed by atoms with Crippen LogP contribution in [0, 0.1) is 5.82 Å². The number of halogens is 1. The van der Waals surface area contributed by atoms with E-state index < -0.39 is 5.82 Å². The lowest BCUT2D eigenvalue weighted by molar-refractivity contribution is -0.126. The third kappa shape index (κ3) is 3.49. The summed E-state index contributed by atoms with van der Waals surface area (Å²) in [7, 11) is 0. The van der Waals surface area contributed by atoms with Crippen LogP contribution in [-0.4, -0.2) is 61.1 Å². The van der Waals surface area contributed by atoms with Crippen molar-refractivity contribution in [1.82, 2.24) is 24.4 Å². The summed E-state index contributed by atoms with van der Waals surface area (Å²) >= 11 is 0. The van der Waals surface area contributed by atoms with Crippen molar-refractivity contribution in [2.45, 2.75) is 32.9 Å². The molecule has 31 heavy (non-hydrogen) atoms. The molecule has 1 aliphatic rings. The number of phenols is 1. The van der Waals surface area contributed by atoms with Crippen molar-refractivity contribution in [3.05, 3.63) is 43.0 Å². The van der Waals surface area contributed by atoms with E-state index in [1.165, 1.54) is 30.6 Å². The fourth-order valence-electron chi connectivity index (χ4n) is 4.11. The summed E-state index contributed by atoms with van der Waals surface area (Å²) in [6.07, 6.45) is 2.79. The first-order valence-corrected chi connectivity index (χ1v) is 10.2. The van der Waals surface area contributed by atoms with Gasteiger partial charge in [0.05, 0.1) is 5.56 Å². The molecule has 3 aromatic rings. The Bertz CT molecular complexity index is 1140. The Morgan fingerprint density at radius 2 is 2.10 bits per heavy atom. The molecule has 1 atom stereocenters. The van der Waals surface area contributed by atoms with E-state index in [0.29, 0.717) is 42.4 Å². The zero-order valence-electron chi connectivity index (χ0n) is 17.8. The number of carbonyl (C=O) groups is 1. The van der Waals surface area contributed by atoms with Crippen LogP contribution >= 0.6 is 0 Å². The Hall–Kier alpha value is -3.49. The van der Waals surface area contributed by atoms with Gasteiger partial charge in [-0.25, -0.2) is 19.3 Å². The highest BCUT2D eigenvalue weighted by atomic mass is 19.1. The molecule has 162 valence electrons. The molecular weight excluding hydrogens is 399 g/mol. The van der Waals surface area contributed by atoms with Crippen LogP contribution in [0.5, 0.6) is 5.75 Å². The number of hydrogen-bond acceptors (Lipinski definition) is 6. The molecule has 2 aromatic heterocycles. The van der Waals surface area contributed by atoms with Crippen molar-refractivity contribution in [2.24, 2.45) is 0 Å². The largest absolute Gasteiger partial charge is 0.507 e. The molecule has 8 nitrogen and oxygen atoms in total. The van der Waals surface area contributed by atoms with Crippen LogP contribution in [0.1, 0.15) is 26.8 Å². The first-order valence-electron chi connectivity index (χ1n) is 10.2. The van der Waals surface area contributed by atoms with Crippen LogP contribution in [0.2, 0.25) is 0 Å². The van der Waals surface area contributed by atoms with E-state index in [-0.39, 0.29) is 29.3 Å². The predicted octanol–water partition coefficient (Wildman–Crippen LogP) is 3.14. The van der Waals surface area contributed by atoms with Gasteiger partial charge in [-0.05, 0) is 39.0 Å². The molecule has 1 aliphatic heterocycles. The van der Waals surface area contributed by atoms with E-state index >= 15 is 0 Å². The van der Waals surface area contributed by atoms with Gasteiger partial charge in [-0.2, -0.15) is 0 Å². The molecule has 1 amide bonds. The summed E-state index contributed by atoms with van der Waals surface area (Å²) < 4.78 is 16.5. The zero-order chi connectivity index (χ0) is 22.3. The predicted molar refractivity (Wildman–Crippen MR) is 116 cm³/mol. The van der Waals surface area contributed by atoms with Crippen LogP contribution in [0.25, 0.3) is 22.6 Å². The van der Waals surface area contributed by atoms with E-state index in [1.54, 1.807) is 9.47 Å². The lowest BCUT2D eigenvalue weighted by atomic mass is 10.1. The summed E-state index contributed by atoms with van der Waals surface area (Å²) in [4.78, 5) is 29.4. The molecule has 1 N–H and O–H groups in total. The van der Waals surface area contributed by atoms with Crippen LogP contribution in [0.3, 0.4) is 0 Å². The fourth-order valence-corrected chi connectivity index (χ4v) is 4.11. The van der Waals surface area contributed by atoms with Crippen molar-refractivity contribution in [3.63, 3.8) is 0 Å².